The van der Waals surface area contributed by atoms with Crippen LogP contribution >= 0.6 is 0 Å². The monoisotopic (exact) mass is 389 g/mol. The summed E-state index contributed by atoms with van der Waals surface area (Å²) in [6.07, 6.45) is 1.13. The number of rotatable bonds is 10. The van der Waals surface area contributed by atoms with Gasteiger partial charge in [0.2, 0.25) is 0 Å². The second-order valence-electron chi connectivity index (χ2n) is 7.43. The lowest BCUT2D eigenvalue weighted by molar-refractivity contribution is 0.231. The average molecular weight is 390 g/mol. The minimum absolute atomic E-state index is 0.0300. The minimum atomic E-state index is 0.0300. The van der Waals surface area contributed by atoms with Crippen LogP contribution in [0.2, 0.25) is 0 Å². The Hall–Kier alpha value is -2.94. The van der Waals surface area contributed by atoms with Crippen molar-refractivity contribution in [1.29, 1.82) is 0 Å². The summed E-state index contributed by atoms with van der Waals surface area (Å²) in [5.74, 6) is 2.31. The molecular weight excluding hydrogens is 358 g/mol. The fraction of sp³-hybridized carbons (Fsp3) is 0.308. The number of ether oxygens (including phenoxy) is 2. The summed E-state index contributed by atoms with van der Waals surface area (Å²) in [6.45, 7) is 7.78. The lowest BCUT2D eigenvalue weighted by Gasteiger charge is -2.21. The molecule has 0 amide bonds. The van der Waals surface area contributed by atoms with Crippen LogP contribution in [0, 0.1) is 0 Å². The van der Waals surface area contributed by atoms with Crippen molar-refractivity contribution in [3.05, 3.63) is 90.0 Å². The first-order chi connectivity index (χ1) is 14.2. The molecule has 2 atom stereocenters. The molecule has 0 aliphatic heterocycles. The van der Waals surface area contributed by atoms with Gasteiger partial charge in [0.25, 0.3) is 0 Å². The number of hydrogen-bond acceptors (Lipinski definition) is 3. The Morgan fingerprint density at radius 1 is 0.793 bits per heavy atom. The van der Waals surface area contributed by atoms with Crippen LogP contribution in [-0.4, -0.2) is 12.6 Å². The van der Waals surface area contributed by atoms with Gasteiger partial charge in [-0.25, -0.2) is 0 Å². The number of benzene rings is 3. The summed E-state index contributed by atoms with van der Waals surface area (Å²) in [7, 11) is 0. The Kier molecular flexibility index (Phi) is 7.57. The van der Waals surface area contributed by atoms with Gasteiger partial charge in [-0.15, -0.1) is 0 Å². The second kappa shape index (κ2) is 10.6. The Morgan fingerprint density at radius 3 is 2.21 bits per heavy atom. The first-order valence-corrected chi connectivity index (χ1v) is 10.4. The first kappa shape index (κ1) is 20.8. The van der Waals surface area contributed by atoms with Crippen molar-refractivity contribution in [3.8, 4) is 11.5 Å². The van der Waals surface area contributed by atoms with E-state index in [4.69, 9.17) is 9.47 Å². The molecule has 3 aromatic carbocycles. The van der Waals surface area contributed by atoms with Crippen LogP contribution < -0.4 is 14.8 Å². The van der Waals surface area contributed by atoms with Gasteiger partial charge in [-0.1, -0.05) is 74.5 Å². The molecule has 1 N–H and O–H groups in total. The van der Waals surface area contributed by atoms with E-state index in [1.54, 1.807) is 0 Å². The second-order valence-corrected chi connectivity index (χ2v) is 7.43. The highest BCUT2D eigenvalue weighted by atomic mass is 16.5. The molecule has 29 heavy (non-hydrogen) atoms. The first-order valence-electron chi connectivity index (χ1n) is 10.4. The third-order valence-corrected chi connectivity index (χ3v) is 5.09. The van der Waals surface area contributed by atoms with Gasteiger partial charge in [0.15, 0.2) is 0 Å². The molecule has 2 unspecified atom stereocenters. The molecule has 0 aliphatic carbocycles. The number of nitrogens with one attached hydrogen (secondary N) is 1. The van der Waals surface area contributed by atoms with Crippen molar-refractivity contribution < 1.29 is 9.47 Å². The van der Waals surface area contributed by atoms with Crippen molar-refractivity contribution in [2.24, 2.45) is 0 Å². The van der Waals surface area contributed by atoms with Crippen LogP contribution in [0.25, 0.3) is 0 Å². The third-order valence-electron chi connectivity index (χ3n) is 5.09. The molecule has 0 saturated heterocycles. The molecule has 3 heteroatoms. The van der Waals surface area contributed by atoms with E-state index in [0.29, 0.717) is 19.1 Å². The Morgan fingerprint density at radius 2 is 1.45 bits per heavy atom. The lowest BCUT2D eigenvalue weighted by Crippen LogP contribution is -2.23. The number of anilines is 1. The summed E-state index contributed by atoms with van der Waals surface area (Å²) < 4.78 is 12.3. The van der Waals surface area contributed by atoms with Crippen molar-refractivity contribution in [2.75, 3.05) is 11.9 Å². The standard InChI is InChI=1S/C26H31NO2/c1-4-20(2)23-14-8-10-16-25(23)29-21(3)18-27-24-15-9-11-17-26(24)28-19-22-12-6-5-7-13-22/h5-17,20-21,27H,4,18-19H2,1-3H3. The largest absolute Gasteiger partial charge is 0.489 e. The fourth-order valence-corrected chi connectivity index (χ4v) is 3.20. The molecule has 0 radical (unpaired) electrons. The summed E-state index contributed by atoms with van der Waals surface area (Å²) in [5.41, 5.74) is 3.41. The van der Waals surface area contributed by atoms with Crippen molar-refractivity contribution >= 4 is 5.69 Å². The third kappa shape index (κ3) is 6.02. The van der Waals surface area contributed by atoms with Crippen LogP contribution in [0.1, 0.15) is 44.2 Å². The SMILES string of the molecule is CCC(C)c1ccccc1OC(C)CNc1ccccc1OCc1ccccc1. The molecule has 0 heterocycles. The van der Waals surface area contributed by atoms with Crippen LogP contribution in [0.3, 0.4) is 0 Å². The molecule has 0 saturated carbocycles. The predicted molar refractivity (Wildman–Crippen MR) is 121 cm³/mol. The van der Waals surface area contributed by atoms with E-state index in [1.807, 2.05) is 48.5 Å². The molecule has 152 valence electrons. The maximum absolute atomic E-state index is 6.26. The van der Waals surface area contributed by atoms with Crippen molar-refractivity contribution in [2.45, 2.75) is 45.8 Å². The van der Waals surface area contributed by atoms with Crippen molar-refractivity contribution in [1.82, 2.24) is 0 Å². The van der Waals surface area contributed by atoms with E-state index in [2.05, 4.69) is 56.4 Å². The molecule has 0 aromatic heterocycles. The summed E-state index contributed by atoms with van der Waals surface area (Å²) >= 11 is 0. The van der Waals surface area contributed by atoms with Gasteiger partial charge in [0.05, 0.1) is 12.2 Å². The maximum atomic E-state index is 6.26. The topological polar surface area (TPSA) is 30.5 Å². The number of para-hydroxylation sites is 3. The minimum Gasteiger partial charge on any atom is -0.489 e. The quantitative estimate of drug-likeness (QED) is 0.421. The van der Waals surface area contributed by atoms with E-state index < -0.39 is 0 Å². The highest BCUT2D eigenvalue weighted by Gasteiger charge is 2.13. The predicted octanol–water partition coefficient (Wildman–Crippen LogP) is 6.66. The summed E-state index contributed by atoms with van der Waals surface area (Å²) in [5, 5.41) is 3.48. The zero-order valence-corrected chi connectivity index (χ0v) is 17.6. The Bertz CT molecular complexity index is 879. The summed E-state index contributed by atoms with van der Waals surface area (Å²) in [4.78, 5) is 0. The molecule has 3 nitrogen and oxygen atoms in total. The summed E-state index contributed by atoms with van der Waals surface area (Å²) in [6, 6.07) is 26.6. The highest BCUT2D eigenvalue weighted by molar-refractivity contribution is 5.56. The molecule has 0 fully saturated rings. The molecule has 0 aliphatic rings. The zero-order chi connectivity index (χ0) is 20.5. The van der Waals surface area contributed by atoms with E-state index in [-0.39, 0.29) is 6.10 Å². The maximum Gasteiger partial charge on any atom is 0.142 e. The Balaban J connectivity index is 1.59. The average Bonchev–Trinajstić information content (AvgIpc) is 2.77. The molecule has 3 rings (SSSR count). The highest BCUT2D eigenvalue weighted by Crippen LogP contribution is 2.29. The lowest BCUT2D eigenvalue weighted by atomic mass is 9.98. The van der Waals surface area contributed by atoms with E-state index >= 15 is 0 Å². The van der Waals surface area contributed by atoms with Crippen LogP contribution in [-0.2, 0) is 6.61 Å². The van der Waals surface area contributed by atoms with Gasteiger partial charge in [-0.2, -0.15) is 0 Å². The van der Waals surface area contributed by atoms with E-state index in [9.17, 15) is 0 Å². The molecule has 0 spiro atoms. The van der Waals surface area contributed by atoms with Gasteiger partial charge < -0.3 is 14.8 Å². The van der Waals surface area contributed by atoms with Crippen LogP contribution in [0.15, 0.2) is 78.9 Å². The fourth-order valence-electron chi connectivity index (χ4n) is 3.20. The Labute approximate surface area is 174 Å². The molecule has 0 bridgehead atoms. The zero-order valence-electron chi connectivity index (χ0n) is 17.6. The van der Waals surface area contributed by atoms with Gasteiger partial charge in [0.1, 0.15) is 24.2 Å². The van der Waals surface area contributed by atoms with E-state index in [0.717, 1.165) is 29.2 Å². The van der Waals surface area contributed by atoms with Gasteiger partial charge in [0, 0.05) is 0 Å². The van der Waals surface area contributed by atoms with Crippen LogP contribution in [0.4, 0.5) is 5.69 Å². The normalized spacial score (nSPS) is 12.8. The molecule has 3 aromatic rings. The van der Waals surface area contributed by atoms with Crippen molar-refractivity contribution in [3.63, 3.8) is 0 Å². The van der Waals surface area contributed by atoms with Gasteiger partial charge in [-0.05, 0) is 48.6 Å². The number of hydrogen-bond donors (Lipinski definition) is 1. The van der Waals surface area contributed by atoms with Gasteiger partial charge >= 0.3 is 0 Å². The van der Waals surface area contributed by atoms with E-state index in [1.165, 1.54) is 5.56 Å². The smallest absolute Gasteiger partial charge is 0.142 e. The van der Waals surface area contributed by atoms with Gasteiger partial charge in [-0.3, -0.25) is 0 Å². The van der Waals surface area contributed by atoms with Crippen LogP contribution in [0.5, 0.6) is 11.5 Å². The molecular formula is C26H31NO2.